The number of benzene rings is 2. The van der Waals surface area contributed by atoms with Gasteiger partial charge in [-0.1, -0.05) is 30.3 Å². The molecule has 0 spiro atoms. The highest BCUT2D eigenvalue weighted by molar-refractivity contribution is 6.53. The Balaban J connectivity index is 1.98. The normalized spacial score (nSPS) is 15.7. The van der Waals surface area contributed by atoms with E-state index >= 15 is 0 Å². The van der Waals surface area contributed by atoms with Crippen LogP contribution >= 0.6 is 0 Å². The monoisotopic (exact) mass is 476 g/mol. The fraction of sp³-hybridized carbons (Fsp3) is 0.370. The lowest BCUT2D eigenvalue weighted by Gasteiger charge is -2.25. The van der Waals surface area contributed by atoms with Gasteiger partial charge in [0.2, 0.25) is 0 Å². The summed E-state index contributed by atoms with van der Waals surface area (Å²) in [5, 5.41) is 23.8. The van der Waals surface area contributed by atoms with Gasteiger partial charge in [-0.05, 0) is 52.1 Å². The highest BCUT2D eigenvalue weighted by atomic mass is 16.5. The molecule has 0 saturated heterocycles. The van der Waals surface area contributed by atoms with Gasteiger partial charge < -0.3 is 25.0 Å². The van der Waals surface area contributed by atoms with Crippen molar-refractivity contribution in [3.05, 3.63) is 65.4 Å². The van der Waals surface area contributed by atoms with E-state index in [4.69, 9.17) is 14.9 Å². The molecule has 8 nitrogen and oxygen atoms in total. The molecule has 8 heteroatoms. The molecule has 0 aliphatic carbocycles. The summed E-state index contributed by atoms with van der Waals surface area (Å²) in [5.41, 5.74) is 4.43. The summed E-state index contributed by atoms with van der Waals surface area (Å²) in [6.45, 7) is 7.15. The van der Waals surface area contributed by atoms with E-state index in [1.165, 1.54) is 0 Å². The van der Waals surface area contributed by atoms with Crippen molar-refractivity contribution in [2.75, 3.05) is 39.6 Å². The summed E-state index contributed by atoms with van der Waals surface area (Å²) in [5.74, 6) is 1.94. The average molecular weight is 477 g/mol. The van der Waals surface area contributed by atoms with Crippen molar-refractivity contribution in [1.82, 2.24) is 10.2 Å². The van der Waals surface area contributed by atoms with Gasteiger partial charge >= 0.3 is 0 Å². The van der Waals surface area contributed by atoms with E-state index in [1.54, 1.807) is 4.90 Å². The molecule has 1 atom stereocenters. The van der Waals surface area contributed by atoms with Crippen molar-refractivity contribution < 1.29 is 9.47 Å². The Morgan fingerprint density at radius 1 is 1.11 bits per heavy atom. The molecule has 0 amide bonds. The Bertz CT molecular complexity index is 1120. The largest absolute Gasteiger partial charge is 0.494 e. The van der Waals surface area contributed by atoms with Gasteiger partial charge in [0.25, 0.3) is 0 Å². The van der Waals surface area contributed by atoms with E-state index in [9.17, 15) is 0 Å². The van der Waals surface area contributed by atoms with Crippen molar-refractivity contribution in [3.8, 4) is 11.5 Å². The van der Waals surface area contributed by atoms with Gasteiger partial charge in [0.15, 0.2) is 5.84 Å². The summed E-state index contributed by atoms with van der Waals surface area (Å²) in [6.07, 6.45) is 0.663. The van der Waals surface area contributed by atoms with Crippen molar-refractivity contribution in [2.24, 2.45) is 10.2 Å². The number of nitrogens with one attached hydrogen (secondary N) is 3. The highest BCUT2D eigenvalue weighted by Gasteiger charge is 2.24. The number of amidine groups is 1. The summed E-state index contributed by atoms with van der Waals surface area (Å²) >= 11 is 0. The maximum atomic E-state index is 8.69. The molecule has 0 aromatic heterocycles. The molecule has 2 aromatic rings. The summed E-state index contributed by atoms with van der Waals surface area (Å²) in [4.78, 5) is 1.79. The zero-order valence-electron chi connectivity index (χ0n) is 21.5. The minimum atomic E-state index is -0.141. The molecular weight excluding hydrogens is 440 g/mol. The van der Waals surface area contributed by atoms with Gasteiger partial charge in [-0.25, -0.2) is 0 Å². The molecule has 2 aromatic carbocycles. The first-order valence-corrected chi connectivity index (χ1v) is 11.9. The van der Waals surface area contributed by atoms with E-state index in [0.717, 1.165) is 41.2 Å². The third-order valence-corrected chi connectivity index (χ3v) is 5.61. The zero-order chi connectivity index (χ0) is 25.4. The Hall–Kier alpha value is -3.65. The van der Waals surface area contributed by atoms with Crippen molar-refractivity contribution in [1.29, 1.82) is 5.41 Å². The number of nitrogens with zero attached hydrogens (tertiary/aromatic N) is 3. The lowest BCUT2D eigenvalue weighted by Crippen LogP contribution is -2.35. The zero-order valence-corrected chi connectivity index (χ0v) is 21.5. The van der Waals surface area contributed by atoms with Crippen LogP contribution in [0.4, 0.5) is 5.69 Å². The Kier molecular flexibility index (Phi) is 9.03. The van der Waals surface area contributed by atoms with E-state index in [1.807, 2.05) is 78.3 Å². The van der Waals surface area contributed by atoms with Crippen LogP contribution in [-0.4, -0.2) is 56.5 Å². The molecule has 186 valence electrons. The minimum Gasteiger partial charge on any atom is -0.494 e. The van der Waals surface area contributed by atoms with Crippen LogP contribution in [0.1, 0.15) is 38.9 Å². The van der Waals surface area contributed by atoms with Crippen LogP contribution in [0.15, 0.2) is 70.0 Å². The van der Waals surface area contributed by atoms with E-state index in [-0.39, 0.29) is 6.10 Å². The smallest absolute Gasteiger partial charge is 0.176 e. The van der Waals surface area contributed by atoms with Crippen LogP contribution in [0.2, 0.25) is 0 Å². The Labute approximate surface area is 208 Å². The number of anilines is 1. The van der Waals surface area contributed by atoms with Crippen LogP contribution in [0.25, 0.3) is 0 Å². The van der Waals surface area contributed by atoms with Gasteiger partial charge in [0.1, 0.15) is 23.3 Å². The highest BCUT2D eigenvalue weighted by Crippen LogP contribution is 2.35. The molecule has 0 saturated carbocycles. The average Bonchev–Trinajstić information content (AvgIpc) is 2.83. The molecule has 0 fully saturated rings. The number of hydrogen-bond acceptors (Lipinski definition) is 8. The molecule has 3 N–H and O–H groups in total. The standard InChI is InChI=1S/C27H36N6O2/c1-7-34-21-13-14-22(30-18(2)25-19(3)31-32-27(26(25)28)33(5)6)24(17-21)35-23(15-16-29-4)20-11-9-8-10-12-20/h8-14,17,23,28-30H,7,15-16H2,1-6H3/b25-18-,28-26?. The molecule has 0 radical (unpaired) electrons. The van der Waals surface area contributed by atoms with Gasteiger partial charge in [-0.3, -0.25) is 5.41 Å². The van der Waals surface area contributed by atoms with Gasteiger partial charge in [-0.2, -0.15) is 5.10 Å². The van der Waals surface area contributed by atoms with Crippen LogP contribution < -0.4 is 20.1 Å². The second-order valence-electron chi connectivity index (χ2n) is 8.50. The summed E-state index contributed by atoms with van der Waals surface area (Å²) < 4.78 is 12.4. The fourth-order valence-corrected chi connectivity index (χ4v) is 3.90. The lowest BCUT2D eigenvalue weighted by molar-refractivity contribution is 0.195. The molecule has 1 heterocycles. The quantitative estimate of drug-likeness (QED) is 0.455. The van der Waals surface area contributed by atoms with E-state index in [0.29, 0.717) is 29.6 Å². The van der Waals surface area contributed by atoms with Crippen molar-refractivity contribution >= 4 is 22.9 Å². The number of rotatable bonds is 10. The van der Waals surface area contributed by atoms with E-state index < -0.39 is 0 Å². The van der Waals surface area contributed by atoms with Crippen molar-refractivity contribution in [3.63, 3.8) is 0 Å². The molecule has 1 aliphatic heterocycles. The molecular formula is C27H36N6O2. The third-order valence-electron chi connectivity index (χ3n) is 5.61. The second kappa shape index (κ2) is 12.2. The Morgan fingerprint density at radius 2 is 1.86 bits per heavy atom. The SMILES string of the molecule is CCOc1ccc(N/C(C)=C2\C(=N)C(N(C)C)=NN=C2C)c(OC(CCNC)c2ccccc2)c1. The molecule has 1 unspecified atom stereocenters. The number of hydrogen-bond donors (Lipinski definition) is 3. The molecule has 0 bridgehead atoms. The van der Waals surface area contributed by atoms with Gasteiger partial charge in [0.05, 0.1) is 18.0 Å². The third kappa shape index (κ3) is 6.48. The second-order valence-corrected chi connectivity index (χ2v) is 8.50. The van der Waals surface area contributed by atoms with Crippen LogP contribution in [0, 0.1) is 5.41 Å². The predicted octanol–water partition coefficient (Wildman–Crippen LogP) is 4.87. The summed E-state index contributed by atoms with van der Waals surface area (Å²) in [6, 6.07) is 16.0. The minimum absolute atomic E-state index is 0.141. The Morgan fingerprint density at radius 3 is 2.51 bits per heavy atom. The van der Waals surface area contributed by atoms with Crippen LogP contribution in [-0.2, 0) is 0 Å². The molecule has 1 aliphatic rings. The fourth-order valence-electron chi connectivity index (χ4n) is 3.90. The van der Waals surface area contributed by atoms with Crippen molar-refractivity contribution in [2.45, 2.75) is 33.3 Å². The van der Waals surface area contributed by atoms with Gasteiger partial charge in [-0.15, -0.1) is 5.10 Å². The first kappa shape index (κ1) is 26.0. The number of ether oxygens (including phenoxy) is 2. The topological polar surface area (TPSA) is 94.3 Å². The summed E-state index contributed by atoms with van der Waals surface area (Å²) in [7, 11) is 5.66. The molecule has 35 heavy (non-hydrogen) atoms. The van der Waals surface area contributed by atoms with Crippen LogP contribution in [0.5, 0.6) is 11.5 Å². The first-order chi connectivity index (χ1) is 16.8. The predicted molar refractivity (Wildman–Crippen MR) is 144 cm³/mol. The lowest BCUT2D eigenvalue weighted by atomic mass is 10.0. The van der Waals surface area contributed by atoms with Gasteiger partial charge in [0, 0.05) is 37.9 Å². The van der Waals surface area contributed by atoms with E-state index in [2.05, 4.69) is 33.0 Å². The maximum absolute atomic E-state index is 8.69. The molecule has 3 rings (SSSR count). The first-order valence-electron chi connectivity index (χ1n) is 11.9. The maximum Gasteiger partial charge on any atom is 0.176 e. The number of allylic oxidation sites excluding steroid dienone is 1. The van der Waals surface area contributed by atoms with Crippen LogP contribution in [0.3, 0.4) is 0 Å².